The van der Waals surface area contributed by atoms with E-state index in [0.717, 1.165) is 59.7 Å². The maximum atomic E-state index is 5.69. The van der Waals surface area contributed by atoms with Gasteiger partial charge in [0.1, 0.15) is 11.3 Å². The topological polar surface area (TPSA) is 87.5 Å². The highest BCUT2D eigenvalue weighted by Crippen LogP contribution is 2.29. The molecule has 0 saturated carbocycles. The van der Waals surface area contributed by atoms with Crippen LogP contribution < -0.4 is 10.6 Å². The predicted octanol–water partition coefficient (Wildman–Crippen LogP) is 3.23. The van der Waals surface area contributed by atoms with Crippen molar-refractivity contribution < 1.29 is 4.42 Å². The fraction of sp³-hybridized carbons (Fsp3) is 0.400. The van der Waals surface area contributed by atoms with Gasteiger partial charge in [-0.05, 0) is 49.2 Å². The lowest BCUT2D eigenvalue weighted by Crippen LogP contribution is -2.63. The third-order valence-corrected chi connectivity index (χ3v) is 7.05. The van der Waals surface area contributed by atoms with Gasteiger partial charge < -0.3 is 15.1 Å². The zero-order chi connectivity index (χ0) is 22.5. The Morgan fingerprint density at radius 2 is 1.64 bits per heavy atom. The van der Waals surface area contributed by atoms with Crippen LogP contribution in [0.15, 0.2) is 47.0 Å². The molecule has 0 radical (unpaired) electrons. The summed E-state index contributed by atoms with van der Waals surface area (Å²) in [6.07, 6.45) is 1.90. The van der Waals surface area contributed by atoms with Crippen molar-refractivity contribution in [2.75, 3.05) is 49.9 Å². The van der Waals surface area contributed by atoms with E-state index in [4.69, 9.17) is 15.1 Å². The first-order chi connectivity index (χ1) is 16.0. The van der Waals surface area contributed by atoms with E-state index < -0.39 is 0 Å². The Kier molecular flexibility index (Phi) is 4.92. The van der Waals surface area contributed by atoms with E-state index in [1.54, 1.807) is 0 Å². The minimum Gasteiger partial charge on any atom is -0.424 e. The average Bonchev–Trinajstić information content (AvgIpc) is 3.17. The normalized spacial score (nSPS) is 18.5. The van der Waals surface area contributed by atoms with Crippen molar-refractivity contribution in [2.45, 2.75) is 25.9 Å². The molecule has 2 fully saturated rings. The summed E-state index contributed by atoms with van der Waals surface area (Å²) in [6.45, 7) is 11.3. The second kappa shape index (κ2) is 7.97. The molecule has 2 aliphatic rings. The van der Waals surface area contributed by atoms with Gasteiger partial charge >= 0.3 is 0 Å². The quantitative estimate of drug-likeness (QED) is 0.514. The van der Waals surface area contributed by atoms with Crippen molar-refractivity contribution in [2.24, 2.45) is 0 Å². The Morgan fingerprint density at radius 1 is 0.909 bits per heavy atom. The number of rotatable bonds is 4. The number of hydrogen-bond donors (Lipinski definition) is 1. The summed E-state index contributed by atoms with van der Waals surface area (Å²) in [5.41, 5.74) is 11.1. The monoisotopic (exact) mass is 443 g/mol. The lowest BCUT2D eigenvalue weighted by Gasteiger charge is -2.49. The Labute approximate surface area is 193 Å². The smallest absolute Gasteiger partial charge is 0.292 e. The molecular formula is C25H29N7O. The number of fused-ring (bicyclic) bond motifs is 2. The lowest BCUT2D eigenvalue weighted by molar-refractivity contribution is 0.0676. The summed E-state index contributed by atoms with van der Waals surface area (Å²) in [4.78, 5) is 21.4. The van der Waals surface area contributed by atoms with Crippen LogP contribution in [0.25, 0.3) is 33.3 Å². The molecule has 0 aliphatic carbocycles. The molecule has 0 atom stereocenters. The van der Waals surface area contributed by atoms with Crippen LogP contribution in [0.1, 0.15) is 13.8 Å². The number of benzene rings is 2. The number of nitrogen functional groups attached to an aromatic ring is 1. The minimum atomic E-state index is 0.186. The van der Waals surface area contributed by atoms with Crippen LogP contribution in [0.5, 0.6) is 0 Å². The second-order valence-electron chi connectivity index (χ2n) is 9.39. The van der Waals surface area contributed by atoms with Gasteiger partial charge in [-0.15, -0.1) is 0 Å². The number of anilines is 2. The first-order valence-corrected chi connectivity index (χ1v) is 11.7. The molecule has 2 aliphatic heterocycles. The Balaban J connectivity index is 1.18. The van der Waals surface area contributed by atoms with Crippen molar-refractivity contribution in [3.8, 4) is 11.1 Å². The molecular weight excluding hydrogens is 414 g/mol. The number of nitrogens with two attached hydrogens (primary N) is 1. The van der Waals surface area contributed by atoms with Crippen molar-refractivity contribution in [1.82, 2.24) is 24.8 Å². The van der Waals surface area contributed by atoms with Gasteiger partial charge in [-0.25, -0.2) is 4.98 Å². The van der Waals surface area contributed by atoms with Gasteiger partial charge in [-0.2, -0.15) is 4.98 Å². The fourth-order valence-corrected chi connectivity index (χ4v) is 4.95. The van der Waals surface area contributed by atoms with Gasteiger partial charge in [0.15, 0.2) is 5.58 Å². The highest BCUT2D eigenvalue weighted by molar-refractivity contribution is 5.86. The average molecular weight is 444 g/mol. The molecule has 6 rings (SSSR count). The standard InChI is InChI=1S/C25H29N7O/c1-16(2)30-7-9-31(10-8-30)19-14-32(15-19)24-13-27-20-5-3-17(11-21(20)28-24)18-4-6-23-22(12-18)29-25(26)33-23/h3-6,11-13,16,19H,7-10,14-15H2,1-2H3,(H2,26,29). The molecule has 0 amide bonds. The van der Waals surface area contributed by atoms with E-state index in [0.29, 0.717) is 17.7 Å². The van der Waals surface area contributed by atoms with Gasteiger partial charge in [0.2, 0.25) is 0 Å². The Hall–Kier alpha value is -3.23. The maximum Gasteiger partial charge on any atom is 0.292 e. The first-order valence-electron chi connectivity index (χ1n) is 11.7. The van der Waals surface area contributed by atoms with Crippen LogP contribution in [-0.2, 0) is 0 Å². The molecule has 0 unspecified atom stereocenters. The number of hydrogen-bond acceptors (Lipinski definition) is 8. The van der Waals surface area contributed by atoms with Gasteiger partial charge in [0, 0.05) is 51.4 Å². The summed E-state index contributed by atoms with van der Waals surface area (Å²) in [7, 11) is 0. The van der Waals surface area contributed by atoms with Crippen LogP contribution in [0, 0.1) is 0 Å². The molecule has 4 aromatic rings. The van der Waals surface area contributed by atoms with Crippen molar-refractivity contribution in [3.63, 3.8) is 0 Å². The number of nitrogens with zero attached hydrogens (tertiary/aromatic N) is 6. The zero-order valence-electron chi connectivity index (χ0n) is 19.1. The first kappa shape index (κ1) is 20.4. The molecule has 8 heteroatoms. The zero-order valence-corrected chi connectivity index (χ0v) is 19.1. The lowest BCUT2D eigenvalue weighted by atomic mass is 10.0. The molecule has 170 valence electrons. The molecule has 2 aromatic carbocycles. The number of oxazole rings is 1. The van der Waals surface area contributed by atoms with Gasteiger partial charge in [0.05, 0.1) is 17.2 Å². The highest BCUT2D eigenvalue weighted by atomic mass is 16.4. The summed E-state index contributed by atoms with van der Waals surface area (Å²) >= 11 is 0. The van der Waals surface area contributed by atoms with E-state index in [2.05, 4.69) is 50.6 Å². The molecule has 0 spiro atoms. The summed E-state index contributed by atoms with van der Waals surface area (Å²) < 4.78 is 5.39. The van der Waals surface area contributed by atoms with Crippen molar-refractivity contribution in [1.29, 1.82) is 0 Å². The largest absolute Gasteiger partial charge is 0.424 e. The van der Waals surface area contributed by atoms with Crippen LogP contribution in [0.4, 0.5) is 11.8 Å². The predicted molar refractivity (Wildman–Crippen MR) is 131 cm³/mol. The molecule has 4 heterocycles. The van der Waals surface area contributed by atoms with Gasteiger partial charge in [-0.3, -0.25) is 14.8 Å². The molecule has 8 nitrogen and oxygen atoms in total. The Bertz CT molecular complexity index is 1300. The number of aromatic nitrogens is 3. The number of piperazine rings is 1. The molecule has 2 saturated heterocycles. The van der Waals surface area contributed by atoms with Gasteiger partial charge in [0.25, 0.3) is 6.01 Å². The van der Waals surface area contributed by atoms with Gasteiger partial charge in [-0.1, -0.05) is 12.1 Å². The second-order valence-corrected chi connectivity index (χ2v) is 9.39. The maximum absolute atomic E-state index is 5.69. The molecule has 2 N–H and O–H groups in total. The summed E-state index contributed by atoms with van der Waals surface area (Å²) in [5.74, 6) is 0.955. The third kappa shape index (κ3) is 3.79. The minimum absolute atomic E-state index is 0.186. The van der Waals surface area contributed by atoms with E-state index in [9.17, 15) is 0 Å². The van der Waals surface area contributed by atoms with E-state index >= 15 is 0 Å². The van der Waals surface area contributed by atoms with E-state index in [1.165, 1.54) is 13.1 Å². The molecule has 0 bridgehead atoms. The van der Waals surface area contributed by atoms with Crippen LogP contribution in [0.3, 0.4) is 0 Å². The fourth-order valence-electron chi connectivity index (χ4n) is 4.95. The third-order valence-electron chi connectivity index (χ3n) is 7.05. The van der Waals surface area contributed by atoms with E-state index in [1.807, 2.05) is 30.5 Å². The molecule has 33 heavy (non-hydrogen) atoms. The SMILES string of the molecule is CC(C)N1CCN(C2CN(c3cnc4ccc(-c5ccc6oc(N)nc6c5)cc4n3)C2)CC1. The van der Waals surface area contributed by atoms with E-state index in [-0.39, 0.29) is 6.01 Å². The summed E-state index contributed by atoms with van der Waals surface area (Å²) in [5, 5.41) is 0. The van der Waals surface area contributed by atoms with Crippen LogP contribution in [-0.4, -0.2) is 76.1 Å². The Morgan fingerprint density at radius 3 is 2.39 bits per heavy atom. The van der Waals surface area contributed by atoms with Crippen molar-refractivity contribution >= 4 is 34.0 Å². The highest BCUT2D eigenvalue weighted by Gasteiger charge is 2.34. The van der Waals surface area contributed by atoms with Crippen molar-refractivity contribution in [3.05, 3.63) is 42.6 Å². The van der Waals surface area contributed by atoms with Crippen LogP contribution in [0.2, 0.25) is 0 Å². The summed E-state index contributed by atoms with van der Waals surface area (Å²) in [6, 6.07) is 13.5. The molecule has 2 aromatic heterocycles. The van der Waals surface area contributed by atoms with Crippen LogP contribution >= 0.6 is 0 Å².